The van der Waals surface area contributed by atoms with E-state index in [4.69, 9.17) is 17.1 Å². The molecule has 0 bridgehead atoms. The molecule has 6 nitrogen and oxygen atoms in total. The van der Waals surface area contributed by atoms with Crippen molar-refractivity contribution in [1.29, 1.82) is 0 Å². The Kier molecular flexibility index (Phi) is 4.59. The fraction of sp³-hybridized carbons (Fsp3) is 0.304. The van der Waals surface area contributed by atoms with Gasteiger partial charge in [0.2, 0.25) is 17.6 Å². The predicted octanol–water partition coefficient (Wildman–Crippen LogP) is 3.39. The molecule has 2 aliphatic heterocycles. The van der Waals surface area contributed by atoms with Crippen molar-refractivity contribution in [3.63, 3.8) is 0 Å². The van der Waals surface area contributed by atoms with Crippen LogP contribution in [0.1, 0.15) is 51.8 Å². The van der Waals surface area contributed by atoms with Gasteiger partial charge in [0.25, 0.3) is 5.91 Å². The van der Waals surface area contributed by atoms with Gasteiger partial charge in [0.1, 0.15) is 6.04 Å². The van der Waals surface area contributed by atoms with Crippen molar-refractivity contribution in [2.75, 3.05) is 0 Å². The summed E-state index contributed by atoms with van der Waals surface area (Å²) >= 11 is 5.70. The molecule has 0 aliphatic carbocycles. The Hall–Kier alpha value is -3.13. The Morgan fingerprint density at radius 2 is 2.00 bits per heavy atom. The first-order valence-corrected chi connectivity index (χ1v) is 10.0. The minimum Gasteiger partial charge on any atom is -0.322 e. The van der Waals surface area contributed by atoms with E-state index < -0.39 is 72.5 Å². The summed E-state index contributed by atoms with van der Waals surface area (Å²) in [5.74, 6) is -7.62. The average molecular weight is 465 g/mol. The van der Waals surface area contributed by atoms with Crippen LogP contribution in [0.25, 0.3) is 0 Å². The van der Waals surface area contributed by atoms with Crippen LogP contribution < -0.4 is 5.32 Å². The molecular formula is C23H19ClF2N2O4. The largest absolute Gasteiger partial charge is 0.330 e. The zero-order valence-corrected chi connectivity index (χ0v) is 17.2. The van der Waals surface area contributed by atoms with E-state index in [9.17, 15) is 28.0 Å². The SMILES string of the molecule is [2H]c1cc2c(c([2H])c1C([2H])CC(=O)C(F)(F)c1ccc(Cl)cc1)C([2H])N(C1CCC(=O)NC1=O)C2=O. The van der Waals surface area contributed by atoms with Crippen LogP contribution in [0.5, 0.6) is 0 Å². The number of nitrogens with zero attached hydrogens (tertiary/aromatic N) is 1. The molecule has 2 heterocycles. The second-order valence-corrected chi connectivity index (χ2v) is 7.81. The molecule has 0 radical (unpaired) electrons. The highest BCUT2D eigenvalue weighted by Crippen LogP contribution is 2.32. The molecule has 2 aromatic carbocycles. The van der Waals surface area contributed by atoms with Gasteiger partial charge in [-0.1, -0.05) is 35.8 Å². The number of halogens is 3. The Balaban J connectivity index is 1.62. The summed E-state index contributed by atoms with van der Waals surface area (Å²) in [4.78, 5) is 50.0. The maximum atomic E-state index is 14.7. The molecular weight excluding hydrogens is 442 g/mol. The van der Waals surface area contributed by atoms with Crippen molar-refractivity contribution < 1.29 is 33.4 Å². The number of imide groups is 1. The normalized spacial score (nSPS) is 23.6. The van der Waals surface area contributed by atoms with Gasteiger partial charge in [0.15, 0.2) is 0 Å². The summed E-state index contributed by atoms with van der Waals surface area (Å²) in [5.41, 5.74) is -1.38. The molecule has 3 unspecified atom stereocenters. The highest BCUT2D eigenvalue weighted by atomic mass is 35.5. The number of benzene rings is 2. The molecule has 9 heteroatoms. The second-order valence-electron chi connectivity index (χ2n) is 7.38. The summed E-state index contributed by atoms with van der Waals surface area (Å²) in [7, 11) is 0. The highest BCUT2D eigenvalue weighted by molar-refractivity contribution is 6.30. The minimum atomic E-state index is -3.94. The smallest absolute Gasteiger partial charge is 0.322 e. The van der Waals surface area contributed by atoms with E-state index >= 15 is 0 Å². The van der Waals surface area contributed by atoms with E-state index in [0.717, 1.165) is 23.1 Å². The molecule has 0 aromatic heterocycles. The molecule has 166 valence electrons. The zero-order valence-electron chi connectivity index (χ0n) is 20.5. The van der Waals surface area contributed by atoms with Gasteiger partial charge in [0, 0.05) is 36.9 Å². The number of nitrogens with one attached hydrogen (secondary N) is 1. The summed E-state index contributed by atoms with van der Waals surface area (Å²) < 4.78 is 62.9. The quantitative estimate of drug-likeness (QED) is 0.664. The van der Waals surface area contributed by atoms with E-state index in [2.05, 4.69) is 5.32 Å². The number of fused-ring (bicyclic) bond motifs is 1. The van der Waals surface area contributed by atoms with Crippen LogP contribution in [-0.4, -0.2) is 34.4 Å². The maximum absolute atomic E-state index is 14.7. The standard InChI is InChI=1S/C23H19ClF2N2O4/c24-16-5-3-15(4-6-16)23(25,26)19(29)9-2-13-1-7-17-14(11-13)12-28(22(17)32)18-8-10-20(30)27-21(18)31/h1,3-7,11,18H,2,8-10,12H2,(H,27,30,31)/i1D,2D,11D,12D. The molecule has 32 heavy (non-hydrogen) atoms. The van der Waals surface area contributed by atoms with Gasteiger partial charge in [-0.25, -0.2) is 0 Å². The Labute approximate surface area is 193 Å². The first kappa shape index (κ1) is 17.4. The van der Waals surface area contributed by atoms with Crippen LogP contribution in [0.4, 0.5) is 8.78 Å². The lowest BCUT2D eigenvalue weighted by atomic mass is 9.97. The average Bonchev–Trinajstić information content (AvgIpc) is 3.04. The number of alkyl halides is 2. The molecule has 2 aromatic rings. The third-order valence-corrected chi connectivity index (χ3v) is 5.51. The fourth-order valence-electron chi connectivity index (χ4n) is 3.52. The van der Waals surface area contributed by atoms with E-state index in [0.29, 0.717) is 0 Å². The van der Waals surface area contributed by atoms with Gasteiger partial charge in [0.05, 0.1) is 4.11 Å². The van der Waals surface area contributed by atoms with Crippen LogP contribution >= 0.6 is 11.6 Å². The summed E-state index contributed by atoms with van der Waals surface area (Å²) in [5, 5.41) is 2.29. The first-order chi connectivity index (χ1) is 16.8. The molecule has 0 saturated carbocycles. The van der Waals surface area contributed by atoms with Crippen molar-refractivity contribution in [1.82, 2.24) is 10.2 Å². The van der Waals surface area contributed by atoms with Gasteiger partial charge in [-0.2, -0.15) is 8.78 Å². The van der Waals surface area contributed by atoms with Gasteiger partial charge in [-0.3, -0.25) is 24.5 Å². The monoisotopic (exact) mass is 464 g/mol. The van der Waals surface area contributed by atoms with Crippen LogP contribution in [0, 0.1) is 0 Å². The number of hydrogen-bond acceptors (Lipinski definition) is 4. The molecule has 2 aliphatic rings. The summed E-state index contributed by atoms with van der Waals surface area (Å²) in [6.45, 7) is -1.55. The number of hydrogen-bond donors (Lipinski definition) is 1. The van der Waals surface area contributed by atoms with Crippen molar-refractivity contribution in [3.8, 4) is 0 Å². The number of Topliss-reactive ketones (excluding diaryl/α,β-unsaturated/α-hetero) is 1. The maximum Gasteiger partial charge on any atom is 0.330 e. The van der Waals surface area contributed by atoms with Crippen molar-refractivity contribution in [3.05, 3.63) is 69.7 Å². The number of carbonyl (C=O) groups is 4. The van der Waals surface area contributed by atoms with Crippen LogP contribution in [0.15, 0.2) is 42.4 Å². The first-order valence-electron chi connectivity index (χ1n) is 11.8. The Bertz CT molecular complexity index is 1290. The number of piperidine rings is 1. The molecule has 1 N–H and O–H groups in total. The lowest BCUT2D eigenvalue weighted by molar-refractivity contribution is -0.144. The van der Waals surface area contributed by atoms with Crippen molar-refractivity contribution in [2.24, 2.45) is 0 Å². The fourth-order valence-corrected chi connectivity index (χ4v) is 3.65. The lowest BCUT2D eigenvalue weighted by Crippen LogP contribution is -2.52. The number of ketones is 1. The third-order valence-electron chi connectivity index (χ3n) is 5.26. The van der Waals surface area contributed by atoms with Crippen LogP contribution in [0.3, 0.4) is 0 Å². The van der Waals surface area contributed by atoms with Crippen molar-refractivity contribution >= 4 is 35.1 Å². The minimum absolute atomic E-state index is 0.0248. The van der Waals surface area contributed by atoms with Crippen LogP contribution in [0.2, 0.25) is 5.02 Å². The van der Waals surface area contributed by atoms with Gasteiger partial charge < -0.3 is 4.90 Å². The number of amides is 3. The predicted molar refractivity (Wildman–Crippen MR) is 111 cm³/mol. The zero-order chi connectivity index (χ0) is 26.5. The van der Waals surface area contributed by atoms with E-state index in [1.54, 1.807) is 0 Å². The second kappa shape index (κ2) is 8.43. The van der Waals surface area contributed by atoms with E-state index in [-0.39, 0.29) is 34.6 Å². The molecule has 1 saturated heterocycles. The Morgan fingerprint density at radius 3 is 2.69 bits per heavy atom. The van der Waals surface area contributed by atoms with Crippen LogP contribution in [-0.2, 0) is 33.2 Å². The van der Waals surface area contributed by atoms with Gasteiger partial charge in [-0.15, -0.1) is 0 Å². The molecule has 3 amide bonds. The molecule has 0 spiro atoms. The third kappa shape index (κ3) is 4.14. The van der Waals surface area contributed by atoms with E-state index in [1.807, 2.05) is 0 Å². The molecule has 3 atom stereocenters. The Morgan fingerprint density at radius 1 is 1.28 bits per heavy atom. The molecule has 1 fully saturated rings. The van der Waals surface area contributed by atoms with Crippen molar-refractivity contribution in [2.45, 2.75) is 44.1 Å². The van der Waals surface area contributed by atoms with Gasteiger partial charge >= 0.3 is 5.92 Å². The topological polar surface area (TPSA) is 83.6 Å². The summed E-state index contributed by atoms with van der Waals surface area (Å²) in [6, 6.07) is 3.17. The highest BCUT2D eigenvalue weighted by Gasteiger charge is 2.41. The van der Waals surface area contributed by atoms with E-state index in [1.165, 1.54) is 12.1 Å². The summed E-state index contributed by atoms with van der Waals surface area (Å²) in [6.07, 6.45) is -2.85. The molecule has 4 rings (SSSR count). The van der Waals surface area contributed by atoms with Gasteiger partial charge in [-0.05, 0) is 42.1 Å². The lowest BCUT2D eigenvalue weighted by Gasteiger charge is -2.29. The number of rotatable bonds is 6. The number of carbonyl (C=O) groups excluding carboxylic acids is 4.